The van der Waals surface area contributed by atoms with Crippen molar-refractivity contribution in [1.82, 2.24) is 4.57 Å². The van der Waals surface area contributed by atoms with Crippen LogP contribution in [-0.2, 0) is 6.54 Å². The second kappa shape index (κ2) is 8.15. The fourth-order valence-electron chi connectivity index (χ4n) is 3.36. The Balaban J connectivity index is 1.85. The molecule has 25 heavy (non-hydrogen) atoms. The number of carbonyl (C=O) groups is 1. The summed E-state index contributed by atoms with van der Waals surface area (Å²) in [7, 11) is 0. The molecule has 2 heteroatoms. The number of unbranched alkanes of at least 4 members (excludes halogenated alkanes) is 4. The van der Waals surface area contributed by atoms with Crippen molar-refractivity contribution in [2.45, 2.75) is 52.5 Å². The van der Waals surface area contributed by atoms with Crippen molar-refractivity contribution in [3.05, 3.63) is 71.4 Å². The second-order valence-electron chi connectivity index (χ2n) is 6.86. The lowest BCUT2D eigenvalue weighted by Gasteiger charge is -2.04. The Bertz CT molecular complexity index is 842. The predicted octanol–water partition coefficient (Wildman–Crippen LogP) is 6.15. The Labute approximate surface area is 150 Å². The maximum atomic E-state index is 13.0. The topological polar surface area (TPSA) is 22.0 Å². The lowest BCUT2D eigenvalue weighted by molar-refractivity contribution is 0.104. The summed E-state index contributed by atoms with van der Waals surface area (Å²) in [6.07, 6.45) is 8.33. The zero-order valence-electron chi connectivity index (χ0n) is 15.3. The van der Waals surface area contributed by atoms with Gasteiger partial charge in [-0.25, -0.2) is 0 Å². The van der Waals surface area contributed by atoms with Gasteiger partial charge in [-0.05, 0) is 19.4 Å². The molecule has 1 heterocycles. The van der Waals surface area contributed by atoms with Gasteiger partial charge in [0, 0.05) is 34.8 Å². The highest BCUT2D eigenvalue weighted by Gasteiger charge is 2.16. The van der Waals surface area contributed by atoms with Crippen LogP contribution in [0.4, 0.5) is 0 Å². The van der Waals surface area contributed by atoms with E-state index in [1.807, 2.05) is 43.5 Å². The van der Waals surface area contributed by atoms with Gasteiger partial charge in [0.15, 0.2) is 5.78 Å². The molecule has 1 aromatic heterocycles. The van der Waals surface area contributed by atoms with E-state index in [1.54, 1.807) is 0 Å². The molecule has 0 atom stereocenters. The van der Waals surface area contributed by atoms with Crippen LogP contribution in [0.1, 0.15) is 60.5 Å². The molecule has 0 fully saturated rings. The van der Waals surface area contributed by atoms with Gasteiger partial charge < -0.3 is 4.57 Å². The smallest absolute Gasteiger partial charge is 0.195 e. The van der Waals surface area contributed by atoms with Gasteiger partial charge in [-0.1, -0.05) is 80.6 Å². The van der Waals surface area contributed by atoms with Crippen molar-refractivity contribution in [3.63, 3.8) is 0 Å². The van der Waals surface area contributed by atoms with Gasteiger partial charge in [-0.15, -0.1) is 0 Å². The third kappa shape index (κ3) is 4.01. The Morgan fingerprint density at radius 2 is 1.64 bits per heavy atom. The summed E-state index contributed by atoms with van der Waals surface area (Å²) < 4.78 is 2.25. The summed E-state index contributed by atoms with van der Waals surface area (Å²) in [6.45, 7) is 5.26. The third-order valence-electron chi connectivity index (χ3n) is 4.85. The third-order valence-corrected chi connectivity index (χ3v) is 4.85. The molecule has 0 saturated heterocycles. The number of aryl methyl sites for hydroxylation is 2. The largest absolute Gasteiger partial charge is 0.347 e. The summed E-state index contributed by atoms with van der Waals surface area (Å²) in [5.41, 5.74) is 3.91. The van der Waals surface area contributed by atoms with Gasteiger partial charge in [0.05, 0.1) is 0 Å². The highest BCUT2D eigenvalue weighted by Crippen LogP contribution is 2.24. The Morgan fingerprint density at radius 1 is 0.920 bits per heavy atom. The molecule has 0 amide bonds. The number of fused-ring (bicyclic) bond motifs is 1. The van der Waals surface area contributed by atoms with Gasteiger partial charge in [0.25, 0.3) is 0 Å². The average molecular weight is 333 g/mol. The highest BCUT2D eigenvalue weighted by molar-refractivity contribution is 6.16. The summed E-state index contributed by atoms with van der Waals surface area (Å²) in [4.78, 5) is 13.0. The second-order valence-corrected chi connectivity index (χ2v) is 6.86. The first kappa shape index (κ1) is 17.5. The highest BCUT2D eigenvalue weighted by atomic mass is 16.1. The van der Waals surface area contributed by atoms with E-state index >= 15 is 0 Å². The molecular weight excluding hydrogens is 306 g/mol. The predicted molar refractivity (Wildman–Crippen MR) is 105 cm³/mol. The van der Waals surface area contributed by atoms with E-state index in [0.717, 1.165) is 35.0 Å². The molecule has 0 N–H and O–H groups in total. The molecule has 0 saturated carbocycles. The number of hydrogen-bond acceptors (Lipinski definition) is 1. The van der Waals surface area contributed by atoms with Gasteiger partial charge >= 0.3 is 0 Å². The molecule has 130 valence electrons. The van der Waals surface area contributed by atoms with E-state index in [-0.39, 0.29) is 5.78 Å². The van der Waals surface area contributed by atoms with Crippen LogP contribution >= 0.6 is 0 Å². The number of benzene rings is 2. The standard InChI is InChI=1S/C23H27NO/c1-3-4-5-6-9-16-24-17-21(20-10-7-8-11-22(20)24)23(25)19-14-12-18(2)13-15-19/h7-8,10-15,17H,3-6,9,16H2,1-2H3. The zero-order chi connectivity index (χ0) is 17.6. The van der Waals surface area contributed by atoms with Crippen molar-refractivity contribution in [2.24, 2.45) is 0 Å². The molecule has 0 spiro atoms. The Kier molecular flexibility index (Phi) is 5.70. The van der Waals surface area contributed by atoms with Crippen molar-refractivity contribution in [2.75, 3.05) is 0 Å². The van der Waals surface area contributed by atoms with Crippen LogP contribution in [0.3, 0.4) is 0 Å². The first-order chi connectivity index (χ1) is 12.2. The van der Waals surface area contributed by atoms with Crippen LogP contribution in [-0.4, -0.2) is 10.4 Å². The van der Waals surface area contributed by atoms with Crippen LogP contribution in [0.15, 0.2) is 54.7 Å². The van der Waals surface area contributed by atoms with Crippen molar-refractivity contribution >= 4 is 16.7 Å². The number of hydrogen-bond donors (Lipinski definition) is 0. The maximum Gasteiger partial charge on any atom is 0.195 e. The van der Waals surface area contributed by atoms with Gasteiger partial charge in [-0.2, -0.15) is 0 Å². The molecular formula is C23H27NO. The van der Waals surface area contributed by atoms with Gasteiger partial charge in [0.2, 0.25) is 0 Å². The van der Waals surface area contributed by atoms with Crippen molar-refractivity contribution < 1.29 is 4.79 Å². The summed E-state index contributed by atoms with van der Waals surface area (Å²) in [5, 5.41) is 1.06. The molecule has 0 radical (unpaired) electrons. The van der Waals surface area contributed by atoms with Crippen LogP contribution in [0.5, 0.6) is 0 Å². The molecule has 2 nitrogen and oxygen atoms in total. The Hall–Kier alpha value is -2.35. The first-order valence-electron chi connectivity index (χ1n) is 9.40. The van der Waals surface area contributed by atoms with Crippen LogP contribution in [0, 0.1) is 6.92 Å². The summed E-state index contributed by atoms with van der Waals surface area (Å²) in [6, 6.07) is 16.1. The zero-order valence-corrected chi connectivity index (χ0v) is 15.3. The lowest BCUT2D eigenvalue weighted by atomic mass is 10.0. The van der Waals surface area contributed by atoms with Crippen LogP contribution in [0.25, 0.3) is 10.9 Å². The first-order valence-corrected chi connectivity index (χ1v) is 9.40. The minimum Gasteiger partial charge on any atom is -0.347 e. The number of para-hydroxylation sites is 1. The minimum absolute atomic E-state index is 0.112. The SMILES string of the molecule is CCCCCCCn1cc(C(=O)c2ccc(C)cc2)c2ccccc21. The van der Waals surface area contributed by atoms with Crippen molar-refractivity contribution in [1.29, 1.82) is 0 Å². The molecule has 3 rings (SSSR count). The maximum absolute atomic E-state index is 13.0. The fourth-order valence-corrected chi connectivity index (χ4v) is 3.36. The fraction of sp³-hybridized carbons (Fsp3) is 0.348. The van der Waals surface area contributed by atoms with E-state index < -0.39 is 0 Å². The number of carbonyl (C=O) groups excluding carboxylic acids is 1. The minimum atomic E-state index is 0.112. The molecule has 0 aliphatic heterocycles. The average Bonchev–Trinajstić information content (AvgIpc) is 3.00. The van der Waals surface area contributed by atoms with E-state index in [9.17, 15) is 4.79 Å². The number of nitrogens with zero attached hydrogens (tertiary/aromatic N) is 1. The van der Waals surface area contributed by atoms with E-state index in [1.165, 1.54) is 31.2 Å². The van der Waals surface area contributed by atoms with E-state index in [0.29, 0.717) is 0 Å². The molecule has 0 aliphatic rings. The normalized spacial score (nSPS) is 11.1. The lowest BCUT2D eigenvalue weighted by Crippen LogP contribution is -2.01. The molecule has 0 bridgehead atoms. The van der Waals surface area contributed by atoms with Gasteiger partial charge in [0.1, 0.15) is 0 Å². The van der Waals surface area contributed by atoms with E-state index in [2.05, 4.69) is 29.7 Å². The quantitative estimate of drug-likeness (QED) is 0.358. The monoisotopic (exact) mass is 333 g/mol. The Morgan fingerprint density at radius 3 is 2.40 bits per heavy atom. The molecule has 0 unspecified atom stereocenters. The number of aromatic nitrogens is 1. The van der Waals surface area contributed by atoms with Crippen LogP contribution < -0.4 is 0 Å². The summed E-state index contributed by atoms with van der Waals surface area (Å²) >= 11 is 0. The number of rotatable bonds is 8. The van der Waals surface area contributed by atoms with Crippen LogP contribution in [0.2, 0.25) is 0 Å². The molecule has 3 aromatic rings. The number of ketones is 1. The van der Waals surface area contributed by atoms with E-state index in [4.69, 9.17) is 0 Å². The summed E-state index contributed by atoms with van der Waals surface area (Å²) in [5.74, 6) is 0.112. The molecule has 0 aliphatic carbocycles. The van der Waals surface area contributed by atoms with Crippen molar-refractivity contribution in [3.8, 4) is 0 Å². The molecule has 2 aromatic carbocycles. The van der Waals surface area contributed by atoms with Gasteiger partial charge in [-0.3, -0.25) is 4.79 Å².